The number of rotatable bonds is 3. The van der Waals surface area contributed by atoms with E-state index in [9.17, 15) is 0 Å². The molecule has 0 bridgehead atoms. The molecular formula is C13H17. The Morgan fingerprint density at radius 2 is 2.00 bits per heavy atom. The minimum Gasteiger partial charge on any atom is -0.0613 e. The summed E-state index contributed by atoms with van der Waals surface area (Å²) in [5.74, 6) is 0.873. The molecule has 0 N–H and O–H groups in total. The predicted octanol–water partition coefficient (Wildman–Crippen LogP) is 3.49. The first-order valence-electron chi connectivity index (χ1n) is 5.38. The molecule has 1 aromatic carbocycles. The van der Waals surface area contributed by atoms with E-state index in [1.165, 1.54) is 24.8 Å². The summed E-state index contributed by atoms with van der Waals surface area (Å²) in [4.78, 5) is 0. The fourth-order valence-electron chi connectivity index (χ4n) is 2.10. The van der Waals surface area contributed by atoms with Crippen LogP contribution in [-0.4, -0.2) is 0 Å². The molecule has 1 fully saturated rings. The van der Waals surface area contributed by atoms with E-state index >= 15 is 0 Å². The molecule has 0 aromatic heterocycles. The third-order valence-corrected chi connectivity index (χ3v) is 2.98. The Morgan fingerprint density at radius 1 is 1.23 bits per heavy atom. The molecule has 0 aliphatic heterocycles. The Bertz CT molecular complexity index is 295. The lowest BCUT2D eigenvalue weighted by Gasteiger charge is -2.10. The van der Waals surface area contributed by atoms with Crippen molar-refractivity contribution in [2.45, 2.75) is 45.4 Å². The van der Waals surface area contributed by atoms with Crippen LogP contribution in [0.2, 0.25) is 0 Å². The largest absolute Gasteiger partial charge is 0.0613 e. The van der Waals surface area contributed by atoms with E-state index in [2.05, 4.69) is 32.0 Å². The van der Waals surface area contributed by atoms with Gasteiger partial charge in [-0.05, 0) is 54.4 Å². The molecule has 0 unspecified atom stereocenters. The van der Waals surface area contributed by atoms with Crippen molar-refractivity contribution >= 4 is 0 Å². The summed E-state index contributed by atoms with van der Waals surface area (Å²) < 4.78 is 0. The van der Waals surface area contributed by atoms with Crippen LogP contribution in [0.3, 0.4) is 0 Å². The molecule has 0 saturated heterocycles. The van der Waals surface area contributed by atoms with E-state index in [4.69, 9.17) is 0 Å². The molecular weight excluding hydrogens is 156 g/mol. The van der Waals surface area contributed by atoms with Crippen LogP contribution >= 0.6 is 0 Å². The summed E-state index contributed by atoms with van der Waals surface area (Å²) in [7, 11) is 0. The van der Waals surface area contributed by atoms with Gasteiger partial charge in [-0.3, -0.25) is 0 Å². The van der Waals surface area contributed by atoms with Gasteiger partial charge < -0.3 is 0 Å². The summed E-state index contributed by atoms with van der Waals surface area (Å²) in [5.41, 5.74) is 4.69. The maximum Gasteiger partial charge on any atom is -0.0158 e. The molecule has 1 radical (unpaired) electrons. The molecule has 1 aliphatic rings. The second-order valence-electron chi connectivity index (χ2n) is 3.90. The highest BCUT2D eigenvalue weighted by molar-refractivity contribution is 5.39. The normalized spacial score (nSPS) is 16.2. The first kappa shape index (κ1) is 8.80. The molecule has 13 heavy (non-hydrogen) atoms. The molecule has 1 aromatic rings. The standard InChI is InChI=1S/C13H17/c1-3-10-6-5-7-13(11-8-9-11)12(10)4-2/h6-7,11H,3-4,8-9H2,1-2H3. The quantitative estimate of drug-likeness (QED) is 0.656. The molecule has 0 atom stereocenters. The first-order valence-corrected chi connectivity index (χ1v) is 5.38. The van der Waals surface area contributed by atoms with Gasteiger partial charge in [0.05, 0.1) is 0 Å². The minimum absolute atomic E-state index is 0.873. The smallest absolute Gasteiger partial charge is 0.0158 e. The van der Waals surface area contributed by atoms with E-state index in [1.807, 2.05) is 0 Å². The SMILES string of the molecule is CCc1c[c]cc(C2CC2)c1CC. The summed E-state index contributed by atoms with van der Waals surface area (Å²) in [6.45, 7) is 4.50. The Labute approximate surface area is 81.0 Å². The highest BCUT2D eigenvalue weighted by Gasteiger charge is 2.25. The van der Waals surface area contributed by atoms with Crippen molar-refractivity contribution in [3.05, 3.63) is 34.9 Å². The Morgan fingerprint density at radius 3 is 2.54 bits per heavy atom. The molecule has 0 heteroatoms. The summed E-state index contributed by atoms with van der Waals surface area (Å²) in [6, 6.07) is 7.64. The lowest BCUT2D eigenvalue weighted by molar-refractivity contribution is 0.974. The maximum absolute atomic E-state index is 3.28. The molecule has 0 amide bonds. The molecule has 1 aliphatic carbocycles. The van der Waals surface area contributed by atoms with Gasteiger partial charge in [-0.25, -0.2) is 0 Å². The number of hydrogen-bond donors (Lipinski definition) is 0. The van der Waals surface area contributed by atoms with E-state index in [1.54, 1.807) is 11.1 Å². The van der Waals surface area contributed by atoms with Crippen LogP contribution in [0.15, 0.2) is 12.1 Å². The molecule has 0 spiro atoms. The van der Waals surface area contributed by atoms with Crippen molar-refractivity contribution in [1.29, 1.82) is 0 Å². The van der Waals surface area contributed by atoms with Crippen molar-refractivity contribution in [1.82, 2.24) is 0 Å². The average molecular weight is 173 g/mol. The lowest BCUT2D eigenvalue weighted by Crippen LogP contribution is -1.96. The van der Waals surface area contributed by atoms with Crippen molar-refractivity contribution in [2.24, 2.45) is 0 Å². The van der Waals surface area contributed by atoms with Gasteiger partial charge in [-0.1, -0.05) is 26.0 Å². The Hall–Kier alpha value is -0.780. The van der Waals surface area contributed by atoms with Crippen LogP contribution in [0, 0.1) is 6.07 Å². The van der Waals surface area contributed by atoms with Crippen LogP contribution in [0.4, 0.5) is 0 Å². The second kappa shape index (κ2) is 3.53. The van der Waals surface area contributed by atoms with E-state index < -0.39 is 0 Å². The second-order valence-corrected chi connectivity index (χ2v) is 3.90. The zero-order valence-corrected chi connectivity index (χ0v) is 8.56. The Balaban J connectivity index is 2.41. The molecule has 69 valence electrons. The summed E-state index contributed by atoms with van der Waals surface area (Å²) in [5, 5.41) is 0. The molecule has 0 heterocycles. The van der Waals surface area contributed by atoms with Crippen molar-refractivity contribution in [2.75, 3.05) is 0 Å². The topological polar surface area (TPSA) is 0 Å². The highest BCUT2D eigenvalue weighted by atomic mass is 14.3. The number of hydrogen-bond acceptors (Lipinski definition) is 0. The minimum atomic E-state index is 0.873. The molecule has 2 rings (SSSR count). The van der Waals surface area contributed by atoms with Gasteiger partial charge in [0, 0.05) is 0 Å². The monoisotopic (exact) mass is 173 g/mol. The predicted molar refractivity (Wildman–Crippen MR) is 56.0 cm³/mol. The summed E-state index contributed by atoms with van der Waals surface area (Å²) >= 11 is 0. The van der Waals surface area contributed by atoms with Crippen molar-refractivity contribution < 1.29 is 0 Å². The van der Waals surface area contributed by atoms with Crippen LogP contribution in [-0.2, 0) is 12.8 Å². The van der Waals surface area contributed by atoms with Gasteiger partial charge in [0.25, 0.3) is 0 Å². The fourth-order valence-corrected chi connectivity index (χ4v) is 2.10. The first-order chi connectivity index (χ1) is 6.36. The Kier molecular flexibility index (Phi) is 2.39. The van der Waals surface area contributed by atoms with Gasteiger partial charge in [0.1, 0.15) is 0 Å². The van der Waals surface area contributed by atoms with Gasteiger partial charge in [0.2, 0.25) is 0 Å². The highest BCUT2D eigenvalue weighted by Crippen LogP contribution is 2.42. The van der Waals surface area contributed by atoms with E-state index in [0.717, 1.165) is 12.3 Å². The van der Waals surface area contributed by atoms with Gasteiger partial charge in [-0.15, -0.1) is 0 Å². The number of aryl methyl sites for hydroxylation is 1. The molecule has 1 saturated carbocycles. The van der Waals surface area contributed by atoms with Crippen molar-refractivity contribution in [3.8, 4) is 0 Å². The zero-order valence-electron chi connectivity index (χ0n) is 8.56. The molecule has 0 nitrogen and oxygen atoms in total. The van der Waals surface area contributed by atoms with Crippen LogP contribution in [0.25, 0.3) is 0 Å². The third kappa shape index (κ3) is 1.63. The maximum atomic E-state index is 3.28. The van der Waals surface area contributed by atoms with Gasteiger partial charge in [-0.2, -0.15) is 0 Å². The van der Waals surface area contributed by atoms with Crippen LogP contribution in [0.5, 0.6) is 0 Å². The van der Waals surface area contributed by atoms with Gasteiger partial charge in [0.15, 0.2) is 0 Å². The van der Waals surface area contributed by atoms with Crippen LogP contribution < -0.4 is 0 Å². The zero-order chi connectivity index (χ0) is 9.26. The number of benzene rings is 1. The fraction of sp³-hybridized carbons (Fsp3) is 0.538. The average Bonchev–Trinajstić information content (AvgIpc) is 2.99. The lowest BCUT2D eigenvalue weighted by atomic mass is 9.94. The van der Waals surface area contributed by atoms with Crippen molar-refractivity contribution in [3.63, 3.8) is 0 Å². The summed E-state index contributed by atoms with van der Waals surface area (Å²) in [6.07, 6.45) is 5.13. The van der Waals surface area contributed by atoms with Gasteiger partial charge >= 0.3 is 0 Å². The van der Waals surface area contributed by atoms with E-state index in [0.29, 0.717) is 0 Å². The van der Waals surface area contributed by atoms with Crippen LogP contribution in [0.1, 0.15) is 49.3 Å². The third-order valence-electron chi connectivity index (χ3n) is 2.98. The van der Waals surface area contributed by atoms with E-state index in [-0.39, 0.29) is 0 Å².